The standard InChI is InChI=1S/C8H16N2O/c1-8(11)7-10-6-4-2-3-5-9-10/h5,8,11H,2-4,6-7H2,1H3. The van der Waals surface area contributed by atoms with Crippen LogP contribution >= 0.6 is 0 Å². The molecule has 0 bridgehead atoms. The van der Waals surface area contributed by atoms with Crippen LogP contribution in [0.3, 0.4) is 0 Å². The highest BCUT2D eigenvalue weighted by atomic mass is 16.3. The average Bonchev–Trinajstić information content (AvgIpc) is 2.14. The van der Waals surface area contributed by atoms with Crippen molar-refractivity contribution in [3.05, 3.63) is 0 Å². The van der Waals surface area contributed by atoms with E-state index >= 15 is 0 Å². The lowest BCUT2D eigenvalue weighted by atomic mass is 10.2. The molecule has 64 valence electrons. The summed E-state index contributed by atoms with van der Waals surface area (Å²) in [5.74, 6) is 0. The minimum absolute atomic E-state index is 0.273. The first kappa shape index (κ1) is 8.53. The molecule has 11 heavy (non-hydrogen) atoms. The SMILES string of the molecule is CC(O)CN1CCCCC=N1. The smallest absolute Gasteiger partial charge is 0.0703 e. The third kappa shape index (κ3) is 3.37. The Morgan fingerprint density at radius 2 is 2.45 bits per heavy atom. The van der Waals surface area contributed by atoms with E-state index in [0.29, 0.717) is 6.54 Å². The second kappa shape index (κ2) is 4.34. The molecule has 1 N–H and O–H groups in total. The summed E-state index contributed by atoms with van der Waals surface area (Å²) in [4.78, 5) is 0. The van der Waals surface area contributed by atoms with E-state index in [1.54, 1.807) is 6.92 Å². The summed E-state index contributed by atoms with van der Waals surface area (Å²) >= 11 is 0. The van der Waals surface area contributed by atoms with Crippen LogP contribution < -0.4 is 0 Å². The van der Waals surface area contributed by atoms with E-state index in [1.165, 1.54) is 12.8 Å². The number of aliphatic hydroxyl groups is 1. The van der Waals surface area contributed by atoms with Crippen LogP contribution in [0, 0.1) is 0 Å². The molecule has 1 unspecified atom stereocenters. The number of hydrazone groups is 1. The predicted octanol–water partition coefficient (Wildman–Crippen LogP) is 0.839. The summed E-state index contributed by atoms with van der Waals surface area (Å²) in [5.41, 5.74) is 0. The number of β-amino-alcohol motifs (C(OH)–C–C–N with tert-alkyl or cyclic N) is 1. The maximum atomic E-state index is 9.08. The van der Waals surface area contributed by atoms with Gasteiger partial charge < -0.3 is 5.11 Å². The van der Waals surface area contributed by atoms with Crippen molar-refractivity contribution in [2.75, 3.05) is 13.1 Å². The zero-order chi connectivity index (χ0) is 8.10. The van der Waals surface area contributed by atoms with Crippen LogP contribution in [0.2, 0.25) is 0 Å². The van der Waals surface area contributed by atoms with Gasteiger partial charge in [0, 0.05) is 12.8 Å². The number of hydrogen-bond acceptors (Lipinski definition) is 3. The Morgan fingerprint density at radius 1 is 1.64 bits per heavy atom. The Kier molecular flexibility index (Phi) is 3.36. The maximum absolute atomic E-state index is 9.08. The van der Waals surface area contributed by atoms with E-state index in [2.05, 4.69) is 5.10 Å². The van der Waals surface area contributed by atoms with E-state index < -0.39 is 0 Å². The average molecular weight is 156 g/mol. The Bertz CT molecular complexity index is 134. The number of aliphatic hydroxyl groups excluding tert-OH is 1. The molecule has 0 amide bonds. The van der Waals surface area contributed by atoms with E-state index in [0.717, 1.165) is 13.0 Å². The molecule has 1 rings (SSSR count). The quantitative estimate of drug-likeness (QED) is 0.643. The fourth-order valence-electron chi connectivity index (χ4n) is 1.20. The Labute approximate surface area is 67.7 Å². The normalized spacial score (nSPS) is 21.5. The zero-order valence-corrected chi connectivity index (χ0v) is 7.03. The van der Waals surface area contributed by atoms with Crippen molar-refractivity contribution in [3.63, 3.8) is 0 Å². The van der Waals surface area contributed by atoms with Gasteiger partial charge in [-0.25, -0.2) is 0 Å². The molecule has 1 heterocycles. The molecule has 0 aromatic carbocycles. The van der Waals surface area contributed by atoms with Crippen molar-refractivity contribution in [3.8, 4) is 0 Å². The van der Waals surface area contributed by atoms with Crippen molar-refractivity contribution < 1.29 is 5.11 Å². The van der Waals surface area contributed by atoms with Gasteiger partial charge in [0.2, 0.25) is 0 Å². The largest absolute Gasteiger partial charge is 0.392 e. The molecule has 0 fully saturated rings. The summed E-state index contributed by atoms with van der Waals surface area (Å²) in [6.45, 7) is 3.44. The van der Waals surface area contributed by atoms with E-state index in [1.807, 2.05) is 11.2 Å². The molecule has 0 radical (unpaired) electrons. The Morgan fingerprint density at radius 3 is 3.18 bits per heavy atom. The zero-order valence-electron chi connectivity index (χ0n) is 7.03. The van der Waals surface area contributed by atoms with Crippen LogP contribution in [0.4, 0.5) is 0 Å². The lowest BCUT2D eigenvalue weighted by Crippen LogP contribution is -2.26. The first-order valence-electron chi connectivity index (χ1n) is 4.24. The molecule has 3 nitrogen and oxygen atoms in total. The van der Waals surface area contributed by atoms with Crippen LogP contribution in [-0.2, 0) is 0 Å². The summed E-state index contributed by atoms with van der Waals surface area (Å²) in [7, 11) is 0. The fraction of sp³-hybridized carbons (Fsp3) is 0.875. The molecule has 0 spiro atoms. The second-order valence-electron chi connectivity index (χ2n) is 3.06. The highest BCUT2D eigenvalue weighted by Gasteiger charge is 2.05. The Balaban J connectivity index is 2.30. The van der Waals surface area contributed by atoms with E-state index in [-0.39, 0.29) is 6.10 Å². The molecule has 3 heteroatoms. The molecule has 0 aromatic heterocycles. The minimum Gasteiger partial charge on any atom is -0.392 e. The van der Waals surface area contributed by atoms with E-state index in [9.17, 15) is 0 Å². The van der Waals surface area contributed by atoms with Gasteiger partial charge in [0.15, 0.2) is 0 Å². The minimum atomic E-state index is -0.273. The van der Waals surface area contributed by atoms with Crippen LogP contribution in [0.25, 0.3) is 0 Å². The summed E-state index contributed by atoms with van der Waals surface area (Å²) in [5, 5.41) is 15.2. The Hall–Kier alpha value is -0.570. The van der Waals surface area contributed by atoms with Gasteiger partial charge in [-0.15, -0.1) is 0 Å². The van der Waals surface area contributed by atoms with Crippen molar-refractivity contribution >= 4 is 6.21 Å². The van der Waals surface area contributed by atoms with Gasteiger partial charge in [0.1, 0.15) is 0 Å². The molecule has 0 saturated carbocycles. The van der Waals surface area contributed by atoms with Crippen molar-refractivity contribution in [2.45, 2.75) is 32.3 Å². The summed E-state index contributed by atoms with van der Waals surface area (Å²) in [6, 6.07) is 0. The van der Waals surface area contributed by atoms with Crippen LogP contribution in [0.1, 0.15) is 26.2 Å². The summed E-state index contributed by atoms with van der Waals surface area (Å²) < 4.78 is 0. The fourth-order valence-corrected chi connectivity index (χ4v) is 1.20. The van der Waals surface area contributed by atoms with E-state index in [4.69, 9.17) is 5.11 Å². The lowest BCUT2D eigenvalue weighted by molar-refractivity contribution is 0.129. The number of rotatable bonds is 2. The van der Waals surface area contributed by atoms with Crippen LogP contribution in [-0.4, -0.2) is 35.5 Å². The predicted molar refractivity (Wildman–Crippen MR) is 45.6 cm³/mol. The highest BCUT2D eigenvalue weighted by molar-refractivity contribution is 5.56. The molecular formula is C8H16N2O. The third-order valence-electron chi connectivity index (χ3n) is 1.72. The summed E-state index contributed by atoms with van der Waals surface area (Å²) in [6.07, 6.45) is 5.16. The van der Waals surface area contributed by atoms with Gasteiger partial charge in [-0.1, -0.05) is 0 Å². The van der Waals surface area contributed by atoms with Gasteiger partial charge in [-0.05, 0) is 26.2 Å². The molecule has 0 aliphatic carbocycles. The molecule has 1 atom stereocenters. The van der Waals surface area contributed by atoms with Gasteiger partial charge >= 0.3 is 0 Å². The van der Waals surface area contributed by atoms with Crippen LogP contribution in [0.15, 0.2) is 5.10 Å². The lowest BCUT2D eigenvalue weighted by Gasteiger charge is -2.18. The molecule has 0 aromatic rings. The number of hydrogen-bond donors (Lipinski definition) is 1. The third-order valence-corrected chi connectivity index (χ3v) is 1.72. The second-order valence-corrected chi connectivity index (χ2v) is 3.06. The molecule has 0 saturated heterocycles. The van der Waals surface area contributed by atoms with Gasteiger partial charge in [-0.3, -0.25) is 5.01 Å². The van der Waals surface area contributed by atoms with Crippen molar-refractivity contribution in [2.24, 2.45) is 5.10 Å². The van der Waals surface area contributed by atoms with Crippen molar-refractivity contribution in [1.82, 2.24) is 5.01 Å². The topological polar surface area (TPSA) is 35.8 Å². The van der Waals surface area contributed by atoms with Gasteiger partial charge in [0.25, 0.3) is 0 Å². The molecular weight excluding hydrogens is 140 g/mol. The van der Waals surface area contributed by atoms with Gasteiger partial charge in [-0.2, -0.15) is 5.10 Å². The maximum Gasteiger partial charge on any atom is 0.0703 e. The first-order chi connectivity index (χ1) is 5.29. The first-order valence-corrected chi connectivity index (χ1v) is 4.24. The van der Waals surface area contributed by atoms with Gasteiger partial charge in [0.05, 0.1) is 12.6 Å². The highest BCUT2D eigenvalue weighted by Crippen LogP contribution is 2.03. The number of nitrogens with zero attached hydrogens (tertiary/aromatic N) is 2. The van der Waals surface area contributed by atoms with Crippen LogP contribution in [0.5, 0.6) is 0 Å². The monoisotopic (exact) mass is 156 g/mol. The molecule has 1 aliphatic heterocycles. The molecule has 1 aliphatic rings. The van der Waals surface area contributed by atoms with Crippen molar-refractivity contribution in [1.29, 1.82) is 0 Å².